The molecular formula is C23H30N2O3. The molecule has 2 aromatic rings. The quantitative estimate of drug-likeness (QED) is 0.759. The van der Waals surface area contributed by atoms with E-state index in [-0.39, 0.29) is 5.91 Å². The van der Waals surface area contributed by atoms with E-state index in [1.165, 1.54) is 0 Å². The van der Waals surface area contributed by atoms with E-state index in [1.54, 1.807) is 7.11 Å². The number of methoxy groups -OCH3 is 1. The smallest absolute Gasteiger partial charge is 0.263 e. The highest BCUT2D eigenvalue weighted by Crippen LogP contribution is 2.27. The summed E-state index contributed by atoms with van der Waals surface area (Å²) < 4.78 is 11.3. The lowest BCUT2D eigenvalue weighted by molar-refractivity contribution is -0.138. The predicted molar refractivity (Wildman–Crippen MR) is 112 cm³/mol. The topological polar surface area (TPSA) is 42.0 Å². The molecule has 1 unspecified atom stereocenters. The summed E-state index contributed by atoms with van der Waals surface area (Å²) in [5, 5.41) is 0. The summed E-state index contributed by atoms with van der Waals surface area (Å²) in [7, 11) is 1.67. The van der Waals surface area contributed by atoms with Gasteiger partial charge in [-0.15, -0.1) is 0 Å². The van der Waals surface area contributed by atoms with Crippen LogP contribution in [0.4, 0.5) is 5.69 Å². The van der Waals surface area contributed by atoms with Gasteiger partial charge in [0.1, 0.15) is 11.5 Å². The van der Waals surface area contributed by atoms with Crippen LogP contribution in [-0.4, -0.2) is 50.2 Å². The van der Waals surface area contributed by atoms with Crippen LogP contribution >= 0.6 is 0 Å². The van der Waals surface area contributed by atoms with Crippen molar-refractivity contribution in [2.75, 3.05) is 38.2 Å². The number of nitrogens with zero attached hydrogens (tertiary/aromatic N) is 2. The Morgan fingerprint density at radius 1 is 0.929 bits per heavy atom. The molecule has 150 valence electrons. The minimum atomic E-state index is -0.493. The summed E-state index contributed by atoms with van der Waals surface area (Å²) in [5.74, 6) is 2.06. The average Bonchev–Trinajstić information content (AvgIpc) is 2.73. The Hall–Kier alpha value is -2.69. The van der Waals surface area contributed by atoms with Crippen molar-refractivity contribution in [3.63, 3.8) is 0 Å². The molecule has 1 saturated heterocycles. The van der Waals surface area contributed by atoms with E-state index >= 15 is 0 Å². The van der Waals surface area contributed by atoms with Crippen molar-refractivity contribution in [3.8, 4) is 11.5 Å². The molecular weight excluding hydrogens is 352 g/mol. The van der Waals surface area contributed by atoms with Gasteiger partial charge in [0.2, 0.25) is 0 Å². The number of hydrogen-bond donors (Lipinski definition) is 0. The van der Waals surface area contributed by atoms with Crippen molar-refractivity contribution >= 4 is 11.6 Å². The van der Waals surface area contributed by atoms with Crippen molar-refractivity contribution in [1.82, 2.24) is 4.90 Å². The maximum absolute atomic E-state index is 12.9. The number of rotatable bonds is 6. The fourth-order valence-electron chi connectivity index (χ4n) is 3.54. The van der Waals surface area contributed by atoms with Gasteiger partial charge in [0.05, 0.1) is 7.11 Å². The standard InChI is InChI=1S/C23H30N2O3/c1-17(2)21-7-5-6-8-22(21)28-18(3)23(26)25-15-13-24(14-16-25)19-9-11-20(27-4)12-10-19/h5-12,17-18H,13-16H2,1-4H3. The molecule has 1 fully saturated rings. The van der Waals surface area contributed by atoms with Crippen molar-refractivity contribution in [3.05, 3.63) is 54.1 Å². The Kier molecular flexibility index (Phi) is 6.45. The first-order chi connectivity index (χ1) is 13.5. The lowest BCUT2D eigenvalue weighted by Crippen LogP contribution is -2.52. The number of hydrogen-bond acceptors (Lipinski definition) is 4. The molecule has 0 saturated carbocycles. The number of benzene rings is 2. The zero-order valence-electron chi connectivity index (χ0n) is 17.2. The molecule has 0 radical (unpaired) electrons. The van der Waals surface area contributed by atoms with Gasteiger partial charge in [-0.25, -0.2) is 0 Å². The summed E-state index contributed by atoms with van der Waals surface area (Å²) >= 11 is 0. The molecule has 1 heterocycles. The Balaban J connectivity index is 1.57. The van der Waals surface area contributed by atoms with E-state index in [2.05, 4.69) is 36.9 Å². The molecule has 1 aliphatic heterocycles. The number of carbonyl (C=O) groups excluding carboxylic acids is 1. The zero-order valence-corrected chi connectivity index (χ0v) is 17.2. The molecule has 0 aliphatic carbocycles. The molecule has 1 atom stereocenters. The first-order valence-electron chi connectivity index (χ1n) is 9.93. The fraction of sp³-hybridized carbons (Fsp3) is 0.435. The van der Waals surface area contributed by atoms with Crippen LogP contribution in [0.3, 0.4) is 0 Å². The van der Waals surface area contributed by atoms with Gasteiger partial charge in [-0.2, -0.15) is 0 Å². The van der Waals surface area contributed by atoms with Crippen molar-refractivity contribution in [2.45, 2.75) is 32.8 Å². The highest BCUT2D eigenvalue weighted by Gasteiger charge is 2.26. The zero-order chi connectivity index (χ0) is 20.1. The van der Waals surface area contributed by atoms with Crippen molar-refractivity contribution in [2.24, 2.45) is 0 Å². The van der Waals surface area contributed by atoms with Gasteiger partial charge in [-0.3, -0.25) is 4.79 Å². The number of anilines is 1. The van der Waals surface area contributed by atoms with E-state index in [9.17, 15) is 4.79 Å². The predicted octanol–water partition coefficient (Wildman–Crippen LogP) is 3.93. The van der Waals surface area contributed by atoms with Crippen LogP contribution in [0.15, 0.2) is 48.5 Å². The Bertz CT molecular complexity index is 781. The van der Waals surface area contributed by atoms with Gasteiger partial charge < -0.3 is 19.3 Å². The highest BCUT2D eigenvalue weighted by molar-refractivity contribution is 5.81. The van der Waals surface area contributed by atoms with Gasteiger partial charge in [0.15, 0.2) is 6.10 Å². The van der Waals surface area contributed by atoms with Gasteiger partial charge in [0, 0.05) is 31.9 Å². The van der Waals surface area contributed by atoms with Gasteiger partial charge in [-0.1, -0.05) is 32.0 Å². The normalized spacial score (nSPS) is 15.5. The molecule has 0 N–H and O–H groups in total. The number of carbonyl (C=O) groups is 1. The lowest BCUT2D eigenvalue weighted by Gasteiger charge is -2.37. The minimum absolute atomic E-state index is 0.0490. The van der Waals surface area contributed by atoms with Crippen LogP contribution in [0.2, 0.25) is 0 Å². The fourth-order valence-corrected chi connectivity index (χ4v) is 3.54. The first-order valence-corrected chi connectivity index (χ1v) is 9.93. The monoisotopic (exact) mass is 382 g/mol. The largest absolute Gasteiger partial charge is 0.497 e. The highest BCUT2D eigenvalue weighted by atomic mass is 16.5. The summed E-state index contributed by atoms with van der Waals surface area (Å²) in [6.45, 7) is 9.13. The van der Waals surface area contributed by atoms with Crippen LogP contribution in [0.5, 0.6) is 11.5 Å². The van der Waals surface area contributed by atoms with E-state index in [4.69, 9.17) is 9.47 Å². The molecule has 5 nitrogen and oxygen atoms in total. The van der Waals surface area contributed by atoms with Crippen LogP contribution in [-0.2, 0) is 4.79 Å². The molecule has 2 aromatic carbocycles. The van der Waals surface area contributed by atoms with Crippen molar-refractivity contribution in [1.29, 1.82) is 0 Å². The molecule has 0 spiro atoms. The summed E-state index contributed by atoms with van der Waals surface area (Å²) in [6, 6.07) is 16.0. The second kappa shape index (κ2) is 9.00. The van der Waals surface area contributed by atoms with E-state index in [1.807, 2.05) is 42.2 Å². The third-order valence-corrected chi connectivity index (χ3v) is 5.22. The number of para-hydroxylation sites is 1. The third kappa shape index (κ3) is 4.58. The van der Waals surface area contributed by atoms with Gasteiger partial charge >= 0.3 is 0 Å². The Morgan fingerprint density at radius 3 is 2.18 bits per heavy atom. The van der Waals surface area contributed by atoms with E-state index in [0.717, 1.165) is 35.8 Å². The number of ether oxygens (including phenoxy) is 2. The minimum Gasteiger partial charge on any atom is -0.497 e. The third-order valence-electron chi connectivity index (χ3n) is 5.22. The van der Waals surface area contributed by atoms with E-state index in [0.29, 0.717) is 19.0 Å². The second-order valence-electron chi connectivity index (χ2n) is 7.46. The van der Waals surface area contributed by atoms with Crippen LogP contribution in [0, 0.1) is 0 Å². The van der Waals surface area contributed by atoms with Crippen molar-refractivity contribution < 1.29 is 14.3 Å². The molecule has 1 aliphatic rings. The van der Waals surface area contributed by atoms with Crippen LogP contribution in [0.1, 0.15) is 32.3 Å². The maximum Gasteiger partial charge on any atom is 0.263 e. The van der Waals surface area contributed by atoms with Gasteiger partial charge in [0.25, 0.3) is 5.91 Å². The Labute approximate surface area is 167 Å². The molecule has 0 bridgehead atoms. The summed E-state index contributed by atoms with van der Waals surface area (Å²) in [5.41, 5.74) is 2.29. The second-order valence-corrected chi connectivity index (χ2v) is 7.46. The Morgan fingerprint density at radius 2 is 1.57 bits per heavy atom. The van der Waals surface area contributed by atoms with Gasteiger partial charge in [-0.05, 0) is 48.7 Å². The lowest BCUT2D eigenvalue weighted by atomic mass is 10.0. The molecule has 1 amide bonds. The molecule has 5 heteroatoms. The number of amides is 1. The van der Waals surface area contributed by atoms with Crippen LogP contribution < -0.4 is 14.4 Å². The molecule has 0 aromatic heterocycles. The van der Waals surface area contributed by atoms with Crippen LogP contribution in [0.25, 0.3) is 0 Å². The molecule has 3 rings (SSSR count). The summed E-state index contributed by atoms with van der Waals surface area (Å²) in [4.78, 5) is 17.1. The van der Waals surface area contributed by atoms with E-state index < -0.39 is 6.10 Å². The first kappa shape index (κ1) is 20.1. The SMILES string of the molecule is COc1ccc(N2CCN(C(=O)C(C)Oc3ccccc3C(C)C)CC2)cc1. The average molecular weight is 383 g/mol. The number of piperazine rings is 1. The maximum atomic E-state index is 12.9. The summed E-state index contributed by atoms with van der Waals surface area (Å²) in [6.07, 6.45) is -0.493. The molecule has 28 heavy (non-hydrogen) atoms.